The summed E-state index contributed by atoms with van der Waals surface area (Å²) in [5.74, 6) is 0.410. The highest BCUT2D eigenvalue weighted by atomic mass is 16.7. The summed E-state index contributed by atoms with van der Waals surface area (Å²) in [4.78, 5) is 18.7. The van der Waals surface area contributed by atoms with Gasteiger partial charge in [0.1, 0.15) is 6.79 Å². The van der Waals surface area contributed by atoms with Crippen LogP contribution in [0.3, 0.4) is 0 Å². The highest BCUT2D eigenvalue weighted by Gasteiger charge is 2.41. The standard InChI is InChI=1S/C21H26N2O3/c1-3-15-14(9-11-26-13-25-2)12-19-20-17(8-10-23(19)21(15)24)16-6-4-5-7-18(16)22-20/h3-7,14,19,22H,8-13H2,1-2H3/b15-3+/t14-,19+/m1/s1. The van der Waals surface area contributed by atoms with Gasteiger partial charge in [-0.25, -0.2) is 0 Å². The van der Waals surface area contributed by atoms with Crippen molar-refractivity contribution in [1.29, 1.82) is 0 Å². The van der Waals surface area contributed by atoms with Crippen LogP contribution in [0.15, 0.2) is 35.9 Å². The molecule has 26 heavy (non-hydrogen) atoms. The van der Waals surface area contributed by atoms with Gasteiger partial charge < -0.3 is 19.4 Å². The second-order valence-corrected chi connectivity index (χ2v) is 7.11. The lowest BCUT2D eigenvalue weighted by Crippen LogP contribution is -2.46. The molecular weight excluding hydrogens is 328 g/mol. The summed E-state index contributed by atoms with van der Waals surface area (Å²) in [6.45, 7) is 3.67. The van der Waals surface area contributed by atoms with Crippen molar-refractivity contribution in [1.82, 2.24) is 9.88 Å². The number of nitrogens with one attached hydrogen (secondary N) is 1. The van der Waals surface area contributed by atoms with Crippen LogP contribution in [0.5, 0.6) is 0 Å². The van der Waals surface area contributed by atoms with E-state index in [0.717, 1.165) is 31.4 Å². The molecule has 0 unspecified atom stereocenters. The number of carbonyl (C=O) groups is 1. The molecule has 1 fully saturated rings. The number of hydrogen-bond donors (Lipinski definition) is 1. The molecule has 0 spiro atoms. The maximum Gasteiger partial charge on any atom is 0.250 e. The van der Waals surface area contributed by atoms with Gasteiger partial charge in [-0.2, -0.15) is 0 Å². The molecule has 0 bridgehead atoms. The molecule has 0 radical (unpaired) electrons. The van der Waals surface area contributed by atoms with Crippen molar-refractivity contribution >= 4 is 16.8 Å². The second-order valence-electron chi connectivity index (χ2n) is 7.11. The van der Waals surface area contributed by atoms with Crippen molar-refractivity contribution in [3.05, 3.63) is 47.2 Å². The first-order valence-corrected chi connectivity index (χ1v) is 9.38. The summed E-state index contributed by atoms with van der Waals surface area (Å²) in [6.07, 6.45) is 4.69. The lowest BCUT2D eigenvalue weighted by molar-refractivity contribution is -0.133. The average molecular weight is 354 g/mol. The van der Waals surface area contributed by atoms with Crippen molar-refractivity contribution in [2.24, 2.45) is 5.92 Å². The Morgan fingerprint density at radius 2 is 2.19 bits per heavy atom. The van der Waals surface area contributed by atoms with Crippen LogP contribution in [0.25, 0.3) is 10.9 Å². The number of methoxy groups -OCH3 is 1. The molecular formula is C21H26N2O3. The molecule has 1 amide bonds. The summed E-state index contributed by atoms with van der Waals surface area (Å²) in [7, 11) is 1.62. The third kappa shape index (κ3) is 2.85. The monoisotopic (exact) mass is 354 g/mol. The maximum atomic E-state index is 13.1. The van der Waals surface area contributed by atoms with E-state index in [2.05, 4.69) is 34.1 Å². The van der Waals surface area contributed by atoms with E-state index in [1.807, 2.05) is 13.0 Å². The Morgan fingerprint density at radius 1 is 1.35 bits per heavy atom. The minimum absolute atomic E-state index is 0.134. The maximum absolute atomic E-state index is 13.1. The Hall–Kier alpha value is -2.11. The number of nitrogens with zero attached hydrogens (tertiary/aromatic N) is 1. The molecule has 2 aromatic rings. The van der Waals surface area contributed by atoms with Crippen LogP contribution in [0.2, 0.25) is 0 Å². The molecule has 5 heteroatoms. The Bertz CT molecular complexity index is 839. The second kappa shape index (κ2) is 7.25. The molecule has 4 rings (SSSR count). The minimum atomic E-state index is 0.134. The third-order valence-electron chi connectivity index (χ3n) is 5.74. The predicted octanol–water partition coefficient (Wildman–Crippen LogP) is 3.57. The topological polar surface area (TPSA) is 54.6 Å². The zero-order valence-corrected chi connectivity index (χ0v) is 15.5. The molecule has 0 aliphatic carbocycles. The quantitative estimate of drug-likeness (QED) is 0.507. The summed E-state index contributed by atoms with van der Waals surface area (Å²) in [6, 6.07) is 8.58. The Balaban J connectivity index is 1.63. The Kier molecular flexibility index (Phi) is 4.83. The fourth-order valence-electron chi connectivity index (χ4n) is 4.54. The van der Waals surface area contributed by atoms with Gasteiger partial charge in [-0.1, -0.05) is 24.3 Å². The number of carbonyl (C=O) groups excluding carboxylic acids is 1. The van der Waals surface area contributed by atoms with Crippen LogP contribution in [-0.4, -0.2) is 42.8 Å². The van der Waals surface area contributed by atoms with Crippen LogP contribution in [0.1, 0.15) is 37.1 Å². The molecule has 138 valence electrons. The summed E-state index contributed by atoms with van der Waals surface area (Å²) < 4.78 is 10.4. The van der Waals surface area contributed by atoms with E-state index in [9.17, 15) is 4.79 Å². The number of benzene rings is 1. The summed E-state index contributed by atoms with van der Waals surface area (Å²) in [5, 5.41) is 1.30. The van der Waals surface area contributed by atoms with Crippen molar-refractivity contribution in [2.75, 3.05) is 27.1 Å². The number of amides is 1. The number of hydrogen-bond acceptors (Lipinski definition) is 3. The van der Waals surface area contributed by atoms with Crippen molar-refractivity contribution in [2.45, 2.75) is 32.2 Å². The highest BCUT2D eigenvalue weighted by molar-refractivity contribution is 5.96. The van der Waals surface area contributed by atoms with Crippen LogP contribution in [0.4, 0.5) is 0 Å². The zero-order chi connectivity index (χ0) is 18.1. The fraction of sp³-hybridized carbons (Fsp3) is 0.476. The molecule has 2 aliphatic rings. The molecule has 5 nitrogen and oxygen atoms in total. The molecule has 1 N–H and O–H groups in total. The van der Waals surface area contributed by atoms with Crippen LogP contribution >= 0.6 is 0 Å². The first-order valence-electron chi connectivity index (χ1n) is 9.38. The smallest absolute Gasteiger partial charge is 0.250 e. The number of piperidine rings is 1. The summed E-state index contributed by atoms with van der Waals surface area (Å²) in [5.41, 5.74) is 4.71. The number of rotatable bonds is 5. The third-order valence-corrected chi connectivity index (χ3v) is 5.74. The number of aromatic amines is 1. The molecule has 1 saturated heterocycles. The van der Waals surface area contributed by atoms with Crippen LogP contribution in [0, 0.1) is 5.92 Å². The van der Waals surface area contributed by atoms with Crippen LogP contribution < -0.4 is 0 Å². The lowest BCUT2D eigenvalue weighted by Gasteiger charge is -2.43. The van der Waals surface area contributed by atoms with E-state index in [0.29, 0.717) is 13.4 Å². The number of ether oxygens (including phenoxy) is 2. The first kappa shape index (κ1) is 17.3. The molecule has 1 aromatic carbocycles. The SMILES string of the molecule is C/C=C1/C(=O)N2CCc3c([nH]c4ccccc34)[C@@H]2C[C@H]1CCOCOC. The van der Waals surface area contributed by atoms with Gasteiger partial charge in [0.25, 0.3) is 0 Å². The van der Waals surface area contributed by atoms with E-state index in [1.54, 1.807) is 7.11 Å². The Labute approximate surface area is 154 Å². The molecule has 2 atom stereocenters. The van der Waals surface area contributed by atoms with Gasteiger partial charge in [0.05, 0.1) is 12.6 Å². The molecule has 2 aliphatic heterocycles. The van der Waals surface area contributed by atoms with Crippen molar-refractivity contribution in [3.63, 3.8) is 0 Å². The van der Waals surface area contributed by atoms with E-state index in [4.69, 9.17) is 9.47 Å². The van der Waals surface area contributed by atoms with Gasteiger partial charge in [-0.15, -0.1) is 0 Å². The minimum Gasteiger partial charge on any atom is -0.359 e. The number of para-hydroxylation sites is 1. The van der Waals surface area contributed by atoms with Crippen LogP contribution in [-0.2, 0) is 20.7 Å². The highest BCUT2D eigenvalue weighted by Crippen LogP contribution is 2.44. The van der Waals surface area contributed by atoms with Gasteiger partial charge in [0, 0.05) is 35.8 Å². The van der Waals surface area contributed by atoms with Crippen molar-refractivity contribution < 1.29 is 14.3 Å². The van der Waals surface area contributed by atoms with Gasteiger partial charge in [-0.05, 0) is 43.7 Å². The first-order chi connectivity index (χ1) is 12.7. The molecule has 3 heterocycles. The average Bonchev–Trinajstić information content (AvgIpc) is 3.04. The van der Waals surface area contributed by atoms with E-state index < -0.39 is 0 Å². The van der Waals surface area contributed by atoms with E-state index in [1.165, 1.54) is 22.2 Å². The van der Waals surface area contributed by atoms with E-state index in [-0.39, 0.29) is 17.9 Å². The number of fused-ring (bicyclic) bond motifs is 5. The van der Waals surface area contributed by atoms with Gasteiger partial charge in [-0.3, -0.25) is 4.79 Å². The number of aromatic nitrogens is 1. The number of allylic oxidation sites excluding steroid dienone is 1. The van der Waals surface area contributed by atoms with Gasteiger partial charge in [0.2, 0.25) is 5.91 Å². The molecule has 0 saturated carbocycles. The lowest BCUT2D eigenvalue weighted by atomic mass is 9.80. The Morgan fingerprint density at radius 3 is 3.00 bits per heavy atom. The largest absolute Gasteiger partial charge is 0.359 e. The predicted molar refractivity (Wildman–Crippen MR) is 101 cm³/mol. The van der Waals surface area contributed by atoms with Crippen molar-refractivity contribution in [3.8, 4) is 0 Å². The van der Waals surface area contributed by atoms with Gasteiger partial charge in [0.15, 0.2) is 0 Å². The van der Waals surface area contributed by atoms with E-state index >= 15 is 0 Å². The van der Waals surface area contributed by atoms with Gasteiger partial charge >= 0.3 is 0 Å². The molecule has 1 aromatic heterocycles. The number of H-pyrrole nitrogens is 1. The summed E-state index contributed by atoms with van der Waals surface area (Å²) >= 11 is 0. The zero-order valence-electron chi connectivity index (χ0n) is 15.5. The normalized spacial score (nSPS) is 24.2. The fourth-order valence-corrected chi connectivity index (χ4v) is 4.54.